The van der Waals surface area contributed by atoms with E-state index in [4.69, 9.17) is 4.74 Å². The van der Waals surface area contributed by atoms with Gasteiger partial charge in [-0.1, -0.05) is 6.07 Å². The van der Waals surface area contributed by atoms with E-state index in [-0.39, 0.29) is 18.2 Å². The maximum absolute atomic E-state index is 14.7. The zero-order valence-corrected chi connectivity index (χ0v) is 18.0. The first-order valence-electron chi connectivity index (χ1n) is 10.5. The third-order valence-electron chi connectivity index (χ3n) is 5.83. The van der Waals surface area contributed by atoms with Gasteiger partial charge in [-0.05, 0) is 38.3 Å². The number of hydrogen-bond acceptors (Lipinski definition) is 7. The second kappa shape index (κ2) is 9.25. The number of aliphatic hydroxyl groups is 1. The number of benzene rings is 1. The Morgan fingerprint density at radius 3 is 2.56 bits per heavy atom. The van der Waals surface area contributed by atoms with Gasteiger partial charge in [-0.3, -0.25) is 0 Å². The summed E-state index contributed by atoms with van der Waals surface area (Å²) in [6, 6.07) is 3.13. The van der Waals surface area contributed by atoms with Gasteiger partial charge in [0.15, 0.2) is 0 Å². The second-order valence-corrected chi connectivity index (χ2v) is 8.17. The zero-order valence-electron chi connectivity index (χ0n) is 18.0. The molecule has 10 heteroatoms. The molecule has 3 heterocycles. The van der Waals surface area contributed by atoms with Gasteiger partial charge in [0.1, 0.15) is 29.9 Å². The van der Waals surface area contributed by atoms with Crippen molar-refractivity contribution in [2.45, 2.75) is 51.0 Å². The van der Waals surface area contributed by atoms with Crippen LogP contribution in [0.15, 0.2) is 43.2 Å². The predicted molar refractivity (Wildman–Crippen MR) is 113 cm³/mol. The van der Waals surface area contributed by atoms with E-state index in [1.54, 1.807) is 19.3 Å². The lowest BCUT2D eigenvalue weighted by Gasteiger charge is -2.39. The van der Waals surface area contributed by atoms with Crippen LogP contribution in [0.4, 0.5) is 14.7 Å². The van der Waals surface area contributed by atoms with E-state index < -0.39 is 23.3 Å². The molecule has 0 saturated carbocycles. The summed E-state index contributed by atoms with van der Waals surface area (Å²) >= 11 is 0. The molecular formula is C22H26F2N6O2. The Bertz CT molecular complexity index is 1030. The summed E-state index contributed by atoms with van der Waals surface area (Å²) in [5.41, 5.74) is -0.823. The van der Waals surface area contributed by atoms with Gasteiger partial charge in [-0.2, -0.15) is 5.10 Å². The molecular weight excluding hydrogens is 418 g/mol. The molecule has 1 N–H and O–H groups in total. The second-order valence-electron chi connectivity index (χ2n) is 8.17. The highest BCUT2D eigenvalue weighted by molar-refractivity contribution is 5.30. The summed E-state index contributed by atoms with van der Waals surface area (Å²) in [4.78, 5) is 14.7. The summed E-state index contributed by atoms with van der Waals surface area (Å²) in [6.45, 7) is 4.94. The molecule has 0 unspecified atom stereocenters. The number of aromatic nitrogens is 5. The van der Waals surface area contributed by atoms with Crippen LogP contribution in [0.25, 0.3) is 0 Å². The lowest BCUT2D eigenvalue weighted by molar-refractivity contribution is -0.145. The molecule has 1 aromatic carbocycles. The minimum Gasteiger partial charge on any atom is -0.380 e. The molecule has 2 aromatic heterocycles. The summed E-state index contributed by atoms with van der Waals surface area (Å²) in [6.07, 6.45) is 6.80. The molecule has 8 nitrogen and oxygen atoms in total. The average molecular weight is 444 g/mol. The van der Waals surface area contributed by atoms with Crippen LogP contribution in [-0.4, -0.2) is 55.1 Å². The minimum absolute atomic E-state index is 0.0487. The van der Waals surface area contributed by atoms with Crippen LogP contribution < -0.4 is 4.90 Å². The number of anilines is 1. The number of ether oxygens (including phenoxy) is 1. The van der Waals surface area contributed by atoms with Crippen molar-refractivity contribution in [3.05, 3.63) is 66.0 Å². The number of nitrogens with zero attached hydrogens (tertiary/aromatic N) is 6. The molecule has 1 aliphatic heterocycles. The number of aryl methyl sites for hydroxylation is 1. The first-order valence-corrected chi connectivity index (χ1v) is 10.5. The molecule has 170 valence electrons. The summed E-state index contributed by atoms with van der Waals surface area (Å²) in [7, 11) is 0. The minimum atomic E-state index is -1.78. The Morgan fingerprint density at radius 2 is 1.94 bits per heavy atom. The van der Waals surface area contributed by atoms with Crippen LogP contribution in [0.3, 0.4) is 0 Å². The largest absolute Gasteiger partial charge is 0.380 e. The van der Waals surface area contributed by atoms with Crippen LogP contribution in [0, 0.1) is 18.6 Å². The third kappa shape index (κ3) is 4.76. The molecule has 1 saturated heterocycles. The van der Waals surface area contributed by atoms with Crippen molar-refractivity contribution in [3.63, 3.8) is 0 Å². The van der Waals surface area contributed by atoms with E-state index in [0.717, 1.165) is 17.7 Å². The van der Waals surface area contributed by atoms with Crippen LogP contribution in [0.1, 0.15) is 30.9 Å². The standard InChI is InChI=1S/C22H26F2N6O2/c1-15-10-26-21(27-11-15)29-7-5-18(6-8-29)32-16(2)22(31,12-30-14-25-13-28-30)19-4-3-17(23)9-20(19)24/h3-4,9-11,13-14,16,18,31H,5-8,12H2,1-2H3/t16-,22-/m1/s1. The lowest BCUT2D eigenvalue weighted by atomic mass is 9.87. The fraction of sp³-hybridized carbons (Fsp3) is 0.455. The first kappa shape index (κ1) is 22.2. The van der Waals surface area contributed by atoms with Crippen LogP contribution in [0.5, 0.6) is 0 Å². The van der Waals surface area contributed by atoms with E-state index in [1.807, 2.05) is 6.92 Å². The number of piperidine rings is 1. The van der Waals surface area contributed by atoms with Gasteiger partial charge < -0.3 is 14.7 Å². The topological polar surface area (TPSA) is 89.2 Å². The Balaban J connectivity index is 1.48. The quantitative estimate of drug-likeness (QED) is 0.599. The monoisotopic (exact) mass is 444 g/mol. The predicted octanol–water partition coefficient (Wildman–Crippen LogP) is 2.62. The molecule has 0 spiro atoms. The van der Waals surface area contributed by atoms with Crippen molar-refractivity contribution < 1.29 is 18.6 Å². The Kier molecular flexibility index (Phi) is 6.43. The molecule has 0 radical (unpaired) electrons. The van der Waals surface area contributed by atoms with Gasteiger partial charge in [-0.25, -0.2) is 28.4 Å². The molecule has 1 aliphatic rings. The number of hydrogen-bond donors (Lipinski definition) is 1. The van der Waals surface area contributed by atoms with Gasteiger partial charge in [0, 0.05) is 37.1 Å². The fourth-order valence-electron chi connectivity index (χ4n) is 3.98. The summed E-state index contributed by atoms with van der Waals surface area (Å²) < 4.78 is 35.8. The SMILES string of the molecule is Cc1cnc(N2CCC(O[C@H](C)[C@](O)(Cn3cncn3)c3ccc(F)cc3F)CC2)nc1. The van der Waals surface area contributed by atoms with Crippen molar-refractivity contribution in [1.82, 2.24) is 24.7 Å². The molecule has 0 amide bonds. The average Bonchev–Trinajstić information content (AvgIpc) is 3.27. The molecule has 3 aromatic rings. The Morgan fingerprint density at radius 1 is 1.22 bits per heavy atom. The highest BCUT2D eigenvalue weighted by atomic mass is 19.1. The lowest BCUT2D eigenvalue weighted by Crippen LogP contribution is -2.47. The van der Waals surface area contributed by atoms with Crippen LogP contribution in [-0.2, 0) is 16.9 Å². The molecule has 1 fully saturated rings. The van der Waals surface area contributed by atoms with Gasteiger partial charge in [0.25, 0.3) is 0 Å². The molecule has 0 aliphatic carbocycles. The van der Waals surface area contributed by atoms with E-state index in [2.05, 4.69) is 25.0 Å². The van der Waals surface area contributed by atoms with E-state index in [9.17, 15) is 13.9 Å². The smallest absolute Gasteiger partial charge is 0.225 e. The van der Waals surface area contributed by atoms with E-state index >= 15 is 0 Å². The van der Waals surface area contributed by atoms with Crippen molar-refractivity contribution >= 4 is 5.95 Å². The van der Waals surface area contributed by atoms with Crippen LogP contribution in [0.2, 0.25) is 0 Å². The van der Waals surface area contributed by atoms with Gasteiger partial charge in [0.2, 0.25) is 5.95 Å². The number of halogens is 2. The summed E-state index contributed by atoms with van der Waals surface area (Å²) in [5, 5.41) is 15.6. The maximum Gasteiger partial charge on any atom is 0.225 e. The molecule has 32 heavy (non-hydrogen) atoms. The summed E-state index contributed by atoms with van der Waals surface area (Å²) in [5.74, 6) is -0.874. The van der Waals surface area contributed by atoms with Crippen molar-refractivity contribution in [2.24, 2.45) is 0 Å². The normalized spacial score (nSPS) is 17.8. The van der Waals surface area contributed by atoms with Crippen molar-refractivity contribution in [1.29, 1.82) is 0 Å². The highest BCUT2D eigenvalue weighted by Crippen LogP contribution is 2.33. The molecule has 0 bridgehead atoms. The first-order chi connectivity index (χ1) is 15.3. The van der Waals surface area contributed by atoms with E-state index in [0.29, 0.717) is 31.9 Å². The molecule has 2 atom stereocenters. The van der Waals surface area contributed by atoms with Gasteiger partial charge in [-0.15, -0.1) is 0 Å². The maximum atomic E-state index is 14.7. The van der Waals surface area contributed by atoms with Crippen molar-refractivity contribution in [2.75, 3.05) is 18.0 Å². The highest BCUT2D eigenvalue weighted by Gasteiger charge is 2.41. The van der Waals surface area contributed by atoms with Crippen LogP contribution >= 0.6 is 0 Å². The molecule has 4 rings (SSSR count). The third-order valence-corrected chi connectivity index (χ3v) is 5.83. The van der Waals surface area contributed by atoms with E-state index in [1.165, 1.54) is 23.4 Å². The van der Waals surface area contributed by atoms with Crippen molar-refractivity contribution in [3.8, 4) is 0 Å². The Hall–Kier alpha value is -2.98. The fourth-order valence-corrected chi connectivity index (χ4v) is 3.98. The zero-order chi connectivity index (χ0) is 22.7. The Labute approximate surface area is 184 Å². The number of rotatable bonds is 7. The van der Waals surface area contributed by atoms with Gasteiger partial charge in [0.05, 0.1) is 18.8 Å². The van der Waals surface area contributed by atoms with Gasteiger partial charge >= 0.3 is 0 Å².